The average Bonchev–Trinajstić information content (AvgIpc) is 3.13. The predicted octanol–water partition coefficient (Wildman–Crippen LogP) is 4.40. The molecule has 1 aromatic carbocycles. The number of esters is 1. The van der Waals surface area contributed by atoms with E-state index in [1.807, 2.05) is 13.0 Å². The molecule has 0 atom stereocenters. The Kier molecular flexibility index (Phi) is 7.45. The summed E-state index contributed by atoms with van der Waals surface area (Å²) in [6.45, 7) is 5.84. The van der Waals surface area contributed by atoms with E-state index in [1.165, 1.54) is 30.6 Å². The maximum atomic E-state index is 13.2. The topological polar surface area (TPSA) is 44.8 Å². The first-order valence-corrected chi connectivity index (χ1v) is 10.9. The fourth-order valence-electron chi connectivity index (χ4n) is 3.15. The highest BCUT2D eigenvalue weighted by Crippen LogP contribution is 2.29. The largest absolute Gasteiger partial charge is 0.465 e. The van der Waals surface area contributed by atoms with Crippen molar-refractivity contribution < 1.29 is 13.9 Å². The Morgan fingerprint density at radius 2 is 2.03 bits per heavy atom. The molecular formula is C20H23ClFN3O2S2. The van der Waals surface area contributed by atoms with Crippen LogP contribution in [0, 0.1) is 5.82 Å². The van der Waals surface area contributed by atoms with Crippen LogP contribution in [0.5, 0.6) is 0 Å². The normalized spacial score (nSPS) is 14.7. The first kappa shape index (κ1) is 22.0. The van der Waals surface area contributed by atoms with Gasteiger partial charge >= 0.3 is 5.97 Å². The zero-order valence-corrected chi connectivity index (χ0v) is 18.7. The van der Waals surface area contributed by atoms with Crippen molar-refractivity contribution in [2.45, 2.75) is 19.9 Å². The number of halogens is 2. The van der Waals surface area contributed by atoms with E-state index in [0.717, 1.165) is 48.0 Å². The Balaban J connectivity index is 1.58. The SMILES string of the molecule is CCc1cc(C(=O)OC)c(NC(=S)N2CCN(Cc3ccc(F)cc3Cl)CC2)s1. The van der Waals surface area contributed by atoms with Crippen molar-refractivity contribution in [2.24, 2.45) is 0 Å². The first-order valence-electron chi connectivity index (χ1n) is 9.34. The van der Waals surface area contributed by atoms with Crippen LogP contribution in [0.25, 0.3) is 0 Å². The van der Waals surface area contributed by atoms with Crippen molar-refractivity contribution in [3.05, 3.63) is 51.1 Å². The number of ether oxygens (including phenoxy) is 1. The zero-order valence-electron chi connectivity index (χ0n) is 16.3. The van der Waals surface area contributed by atoms with Crippen LogP contribution in [0.1, 0.15) is 27.7 Å². The molecule has 0 spiro atoms. The van der Waals surface area contributed by atoms with E-state index in [2.05, 4.69) is 15.1 Å². The molecule has 156 valence electrons. The van der Waals surface area contributed by atoms with Crippen LogP contribution in [0.3, 0.4) is 0 Å². The molecule has 2 heterocycles. The number of thiophene rings is 1. The van der Waals surface area contributed by atoms with Crippen molar-refractivity contribution in [1.29, 1.82) is 0 Å². The summed E-state index contributed by atoms with van der Waals surface area (Å²) in [6, 6.07) is 6.36. The van der Waals surface area contributed by atoms with Gasteiger partial charge in [-0.3, -0.25) is 4.90 Å². The molecule has 0 unspecified atom stereocenters. The van der Waals surface area contributed by atoms with E-state index in [1.54, 1.807) is 6.07 Å². The van der Waals surface area contributed by atoms with Gasteiger partial charge in [-0.2, -0.15) is 0 Å². The number of piperazine rings is 1. The minimum atomic E-state index is -0.368. The summed E-state index contributed by atoms with van der Waals surface area (Å²) in [5.74, 6) is -0.696. The summed E-state index contributed by atoms with van der Waals surface area (Å²) in [7, 11) is 1.38. The maximum absolute atomic E-state index is 13.2. The minimum absolute atomic E-state index is 0.328. The Morgan fingerprint density at radius 1 is 1.31 bits per heavy atom. The molecule has 2 aromatic rings. The third-order valence-electron chi connectivity index (χ3n) is 4.83. The third-order valence-corrected chi connectivity index (χ3v) is 6.73. The monoisotopic (exact) mass is 455 g/mol. The lowest BCUT2D eigenvalue weighted by Gasteiger charge is -2.36. The molecular weight excluding hydrogens is 433 g/mol. The standard InChI is InChI=1S/C20H23ClFN3O2S2/c1-3-15-11-16(19(26)27-2)18(29-15)23-20(28)25-8-6-24(7-9-25)12-13-4-5-14(22)10-17(13)21/h4-5,10-11H,3,6-9,12H2,1-2H3,(H,23,28). The summed E-state index contributed by atoms with van der Waals surface area (Å²) in [5, 5.41) is 4.99. The van der Waals surface area contributed by atoms with Gasteiger partial charge in [0, 0.05) is 42.6 Å². The highest BCUT2D eigenvalue weighted by Gasteiger charge is 2.22. The molecule has 29 heavy (non-hydrogen) atoms. The Bertz CT molecular complexity index is 898. The number of anilines is 1. The smallest absolute Gasteiger partial charge is 0.340 e. The number of nitrogens with zero attached hydrogens (tertiary/aromatic N) is 2. The summed E-state index contributed by atoms with van der Waals surface area (Å²) in [4.78, 5) is 17.5. The molecule has 0 saturated carbocycles. The third kappa shape index (κ3) is 5.45. The summed E-state index contributed by atoms with van der Waals surface area (Å²) in [6.07, 6.45) is 0.841. The van der Waals surface area contributed by atoms with Gasteiger partial charge in [-0.1, -0.05) is 24.6 Å². The Morgan fingerprint density at radius 3 is 2.66 bits per heavy atom. The molecule has 1 aliphatic rings. The average molecular weight is 456 g/mol. The summed E-state index contributed by atoms with van der Waals surface area (Å²) >= 11 is 13.2. The molecule has 0 amide bonds. The number of benzene rings is 1. The van der Waals surface area contributed by atoms with Crippen molar-refractivity contribution in [1.82, 2.24) is 9.80 Å². The number of aryl methyl sites for hydroxylation is 1. The number of carbonyl (C=O) groups excluding carboxylic acids is 1. The molecule has 1 N–H and O–H groups in total. The molecule has 1 fully saturated rings. The van der Waals surface area contributed by atoms with Crippen LogP contribution in [-0.2, 0) is 17.7 Å². The fourth-order valence-corrected chi connectivity index (χ4v) is 4.71. The minimum Gasteiger partial charge on any atom is -0.465 e. The first-order chi connectivity index (χ1) is 13.9. The molecule has 1 saturated heterocycles. The van der Waals surface area contributed by atoms with Gasteiger partial charge in [0.25, 0.3) is 0 Å². The van der Waals surface area contributed by atoms with Gasteiger partial charge in [0.05, 0.1) is 12.7 Å². The van der Waals surface area contributed by atoms with Gasteiger partial charge in [-0.05, 0) is 42.4 Å². The number of nitrogens with one attached hydrogen (secondary N) is 1. The number of hydrogen-bond donors (Lipinski definition) is 1. The molecule has 0 radical (unpaired) electrons. The summed E-state index contributed by atoms with van der Waals surface area (Å²) in [5.41, 5.74) is 1.43. The van der Waals surface area contributed by atoms with Gasteiger partial charge in [0.15, 0.2) is 5.11 Å². The summed E-state index contributed by atoms with van der Waals surface area (Å²) < 4.78 is 18.1. The quantitative estimate of drug-likeness (QED) is 0.532. The van der Waals surface area contributed by atoms with E-state index in [-0.39, 0.29) is 11.8 Å². The van der Waals surface area contributed by atoms with Crippen LogP contribution in [0.15, 0.2) is 24.3 Å². The second-order valence-corrected chi connectivity index (χ2v) is 8.66. The van der Waals surface area contributed by atoms with Gasteiger partial charge in [-0.15, -0.1) is 11.3 Å². The lowest BCUT2D eigenvalue weighted by Crippen LogP contribution is -2.49. The molecule has 1 aromatic heterocycles. The number of thiocarbonyl (C=S) groups is 1. The number of carbonyl (C=O) groups is 1. The molecule has 3 rings (SSSR count). The van der Waals surface area contributed by atoms with Crippen LogP contribution in [0.2, 0.25) is 5.02 Å². The second-order valence-electron chi connectivity index (χ2n) is 6.73. The molecule has 1 aliphatic heterocycles. The van der Waals surface area contributed by atoms with Crippen molar-refractivity contribution in [3.8, 4) is 0 Å². The molecule has 9 heteroatoms. The number of hydrogen-bond acceptors (Lipinski definition) is 5. The Hall–Kier alpha value is -1.74. The van der Waals surface area contributed by atoms with Crippen LogP contribution in [0.4, 0.5) is 9.39 Å². The van der Waals surface area contributed by atoms with E-state index in [4.69, 9.17) is 28.6 Å². The molecule has 0 aliphatic carbocycles. The maximum Gasteiger partial charge on any atom is 0.340 e. The van der Waals surface area contributed by atoms with Gasteiger partial charge < -0.3 is 15.0 Å². The zero-order chi connectivity index (χ0) is 21.0. The van der Waals surface area contributed by atoms with Crippen LogP contribution >= 0.6 is 35.2 Å². The van der Waals surface area contributed by atoms with Crippen molar-refractivity contribution >= 4 is 51.2 Å². The molecule has 5 nitrogen and oxygen atoms in total. The van der Waals surface area contributed by atoms with Gasteiger partial charge in [-0.25, -0.2) is 9.18 Å². The van der Waals surface area contributed by atoms with E-state index < -0.39 is 0 Å². The van der Waals surface area contributed by atoms with Crippen LogP contribution < -0.4 is 5.32 Å². The van der Waals surface area contributed by atoms with E-state index in [9.17, 15) is 9.18 Å². The lowest BCUT2D eigenvalue weighted by molar-refractivity contribution is 0.0602. The fraction of sp³-hybridized carbons (Fsp3) is 0.400. The van der Waals surface area contributed by atoms with E-state index in [0.29, 0.717) is 22.2 Å². The predicted molar refractivity (Wildman–Crippen MR) is 120 cm³/mol. The van der Waals surface area contributed by atoms with Crippen molar-refractivity contribution in [2.75, 3.05) is 38.6 Å². The second kappa shape index (κ2) is 9.84. The van der Waals surface area contributed by atoms with Crippen molar-refractivity contribution in [3.63, 3.8) is 0 Å². The Labute approximate surface area is 184 Å². The lowest BCUT2D eigenvalue weighted by atomic mass is 10.2. The van der Waals surface area contributed by atoms with Gasteiger partial charge in [0.1, 0.15) is 10.8 Å². The molecule has 0 bridgehead atoms. The highest BCUT2D eigenvalue weighted by molar-refractivity contribution is 7.80. The number of rotatable bonds is 5. The van der Waals surface area contributed by atoms with Crippen LogP contribution in [-0.4, -0.2) is 54.2 Å². The number of methoxy groups -OCH3 is 1. The van der Waals surface area contributed by atoms with E-state index >= 15 is 0 Å². The highest BCUT2D eigenvalue weighted by atomic mass is 35.5. The van der Waals surface area contributed by atoms with Gasteiger partial charge in [0.2, 0.25) is 0 Å².